The normalized spacial score (nSPS) is 18.0. The van der Waals surface area contributed by atoms with Crippen molar-refractivity contribution < 1.29 is 13.2 Å². The van der Waals surface area contributed by atoms with Gasteiger partial charge >= 0.3 is 6.18 Å². The molecule has 0 spiro atoms. The number of piperidine rings is 1. The van der Waals surface area contributed by atoms with Crippen LogP contribution in [0.15, 0.2) is 24.4 Å². The Morgan fingerprint density at radius 3 is 2.53 bits per heavy atom. The highest BCUT2D eigenvalue weighted by Crippen LogP contribution is 2.34. The second kappa shape index (κ2) is 8.23. The molecule has 3 heterocycles. The van der Waals surface area contributed by atoms with E-state index in [0.717, 1.165) is 50.9 Å². The van der Waals surface area contributed by atoms with E-state index in [1.807, 2.05) is 4.57 Å². The number of rotatable bonds is 5. The van der Waals surface area contributed by atoms with Crippen LogP contribution in [0, 0.1) is 6.92 Å². The molecule has 3 aromatic rings. The second-order valence-electron chi connectivity index (χ2n) is 8.67. The van der Waals surface area contributed by atoms with Gasteiger partial charge in [0.25, 0.3) is 0 Å². The molecule has 0 radical (unpaired) electrons. The number of anilines is 3. The van der Waals surface area contributed by atoms with Gasteiger partial charge in [-0.3, -0.25) is 4.57 Å². The third kappa shape index (κ3) is 4.23. The largest absolute Gasteiger partial charge is 0.416 e. The Balaban J connectivity index is 1.55. The molecule has 7 nitrogen and oxygen atoms in total. The van der Waals surface area contributed by atoms with Crippen molar-refractivity contribution >= 4 is 28.7 Å². The molecule has 0 atom stereocenters. The molecule has 2 aliphatic rings. The van der Waals surface area contributed by atoms with Gasteiger partial charge in [0.05, 0.1) is 11.8 Å². The van der Waals surface area contributed by atoms with Crippen LogP contribution in [0.4, 0.5) is 30.8 Å². The monoisotopic (exact) mass is 445 g/mol. The number of hydrogen-bond acceptors (Lipinski definition) is 6. The molecule has 5 rings (SSSR count). The summed E-state index contributed by atoms with van der Waals surface area (Å²) in [6.45, 7) is 3.38. The van der Waals surface area contributed by atoms with Crippen LogP contribution in [0.2, 0.25) is 0 Å². The highest BCUT2D eigenvalue weighted by molar-refractivity contribution is 5.76. The van der Waals surface area contributed by atoms with Crippen LogP contribution >= 0.6 is 0 Å². The van der Waals surface area contributed by atoms with Crippen molar-refractivity contribution in [1.29, 1.82) is 0 Å². The molecule has 170 valence electrons. The first-order chi connectivity index (χ1) is 15.4. The van der Waals surface area contributed by atoms with E-state index in [1.54, 1.807) is 19.2 Å². The molecular formula is C22H26F3N7. The Morgan fingerprint density at radius 1 is 1.06 bits per heavy atom. The molecule has 32 heavy (non-hydrogen) atoms. The molecule has 1 aromatic carbocycles. The van der Waals surface area contributed by atoms with E-state index < -0.39 is 11.7 Å². The number of imidazole rings is 1. The predicted molar refractivity (Wildman–Crippen MR) is 117 cm³/mol. The zero-order valence-electron chi connectivity index (χ0n) is 17.8. The summed E-state index contributed by atoms with van der Waals surface area (Å²) in [5.41, 5.74) is 1.51. The molecule has 0 amide bonds. The quantitative estimate of drug-likeness (QED) is 0.524. The fraction of sp³-hybridized carbons (Fsp3) is 0.500. The van der Waals surface area contributed by atoms with Gasteiger partial charge in [-0.2, -0.15) is 18.2 Å². The van der Waals surface area contributed by atoms with Gasteiger partial charge in [-0.15, -0.1) is 0 Å². The van der Waals surface area contributed by atoms with Crippen LogP contribution in [-0.2, 0) is 6.18 Å². The zero-order valence-corrected chi connectivity index (χ0v) is 17.8. The zero-order chi connectivity index (χ0) is 22.3. The first-order valence-corrected chi connectivity index (χ1v) is 11.0. The lowest BCUT2D eigenvalue weighted by Gasteiger charge is -2.27. The van der Waals surface area contributed by atoms with Gasteiger partial charge in [-0.05, 0) is 75.9 Å². The molecule has 1 aliphatic carbocycles. The van der Waals surface area contributed by atoms with Crippen molar-refractivity contribution in [2.24, 2.45) is 0 Å². The molecule has 2 aromatic heterocycles. The fourth-order valence-corrected chi connectivity index (χ4v) is 4.34. The fourth-order valence-electron chi connectivity index (χ4n) is 4.34. The molecule has 0 unspecified atom stereocenters. The van der Waals surface area contributed by atoms with Crippen LogP contribution in [-0.4, -0.2) is 38.7 Å². The maximum Gasteiger partial charge on any atom is 0.416 e. The van der Waals surface area contributed by atoms with Gasteiger partial charge in [-0.1, -0.05) is 0 Å². The Labute approximate surface area is 183 Å². The molecular weight excluding hydrogens is 419 g/mol. The highest BCUT2D eigenvalue weighted by Gasteiger charge is 2.31. The molecule has 3 N–H and O–H groups in total. The standard InChI is InChI=1S/C22H26F3N7/c1-13-9-14(22(23,24)25)11-16(10-13)29-21-30-18-12-27-20(28-15-3-2-4-15)31-19(18)32(21)17-5-7-26-8-6-17/h9-12,15,17,26H,2-8H2,1H3,(H,29,30)(H,27,28,31). The third-order valence-corrected chi connectivity index (χ3v) is 6.21. The number of nitrogens with zero attached hydrogens (tertiary/aromatic N) is 4. The Morgan fingerprint density at radius 2 is 1.84 bits per heavy atom. The molecule has 0 bridgehead atoms. The van der Waals surface area contributed by atoms with Crippen molar-refractivity contribution in [3.8, 4) is 0 Å². The molecule has 10 heteroatoms. The lowest BCUT2D eigenvalue weighted by molar-refractivity contribution is -0.137. The topological polar surface area (TPSA) is 79.7 Å². The lowest BCUT2D eigenvalue weighted by Crippen LogP contribution is -2.30. The summed E-state index contributed by atoms with van der Waals surface area (Å²) in [5.74, 6) is 1.06. The number of halogens is 3. The van der Waals surface area contributed by atoms with E-state index in [4.69, 9.17) is 4.98 Å². The molecule has 1 saturated heterocycles. The van der Waals surface area contributed by atoms with Crippen LogP contribution in [0.25, 0.3) is 11.2 Å². The van der Waals surface area contributed by atoms with Crippen LogP contribution in [0.3, 0.4) is 0 Å². The van der Waals surface area contributed by atoms with E-state index >= 15 is 0 Å². The number of benzene rings is 1. The van der Waals surface area contributed by atoms with Crippen molar-refractivity contribution in [1.82, 2.24) is 24.8 Å². The van der Waals surface area contributed by atoms with Crippen LogP contribution in [0.5, 0.6) is 0 Å². The summed E-state index contributed by atoms with van der Waals surface area (Å²) in [6.07, 6.45) is 2.47. The van der Waals surface area contributed by atoms with Crippen molar-refractivity contribution in [3.05, 3.63) is 35.5 Å². The van der Waals surface area contributed by atoms with E-state index in [1.165, 1.54) is 6.42 Å². The first-order valence-electron chi connectivity index (χ1n) is 11.0. The number of nitrogens with one attached hydrogen (secondary N) is 3. The number of fused-ring (bicyclic) bond motifs is 1. The third-order valence-electron chi connectivity index (χ3n) is 6.21. The maximum atomic E-state index is 13.3. The van der Waals surface area contributed by atoms with Crippen molar-refractivity contribution in [2.45, 2.75) is 57.3 Å². The van der Waals surface area contributed by atoms with Gasteiger partial charge < -0.3 is 16.0 Å². The highest BCUT2D eigenvalue weighted by atomic mass is 19.4. The van der Waals surface area contributed by atoms with Gasteiger partial charge in [0.1, 0.15) is 5.52 Å². The minimum absolute atomic E-state index is 0.141. The van der Waals surface area contributed by atoms with Crippen molar-refractivity contribution in [3.63, 3.8) is 0 Å². The summed E-state index contributed by atoms with van der Waals surface area (Å²) in [6, 6.07) is 4.49. The van der Waals surface area contributed by atoms with Gasteiger partial charge in [0.2, 0.25) is 11.9 Å². The number of aromatic nitrogens is 4. The Hall–Kier alpha value is -2.88. The first kappa shape index (κ1) is 21.0. The second-order valence-corrected chi connectivity index (χ2v) is 8.67. The minimum Gasteiger partial charge on any atom is -0.351 e. The molecule has 1 saturated carbocycles. The van der Waals surface area contributed by atoms with E-state index in [2.05, 4.69) is 25.9 Å². The molecule has 2 fully saturated rings. The van der Waals surface area contributed by atoms with E-state index in [0.29, 0.717) is 40.4 Å². The lowest BCUT2D eigenvalue weighted by atomic mass is 9.93. The number of hydrogen-bond donors (Lipinski definition) is 3. The SMILES string of the molecule is Cc1cc(Nc2nc3cnc(NC4CCC4)nc3n2C2CCNCC2)cc(C(F)(F)F)c1. The van der Waals surface area contributed by atoms with Crippen LogP contribution < -0.4 is 16.0 Å². The summed E-state index contributed by atoms with van der Waals surface area (Å²) in [4.78, 5) is 13.8. The summed E-state index contributed by atoms with van der Waals surface area (Å²) in [5, 5.41) is 9.86. The van der Waals surface area contributed by atoms with E-state index in [-0.39, 0.29) is 6.04 Å². The predicted octanol–water partition coefficient (Wildman–Crippen LogP) is 4.79. The summed E-state index contributed by atoms with van der Waals surface area (Å²) in [7, 11) is 0. The Bertz CT molecular complexity index is 1110. The summed E-state index contributed by atoms with van der Waals surface area (Å²) < 4.78 is 42.0. The van der Waals surface area contributed by atoms with Crippen molar-refractivity contribution in [2.75, 3.05) is 23.7 Å². The average molecular weight is 445 g/mol. The number of alkyl halides is 3. The van der Waals surface area contributed by atoms with E-state index in [9.17, 15) is 13.2 Å². The number of aryl methyl sites for hydroxylation is 1. The average Bonchev–Trinajstić information content (AvgIpc) is 3.07. The van der Waals surface area contributed by atoms with Gasteiger partial charge in [0, 0.05) is 17.8 Å². The Kier molecular flexibility index (Phi) is 5.40. The summed E-state index contributed by atoms with van der Waals surface area (Å²) >= 11 is 0. The minimum atomic E-state index is -4.41. The molecule has 1 aliphatic heterocycles. The smallest absolute Gasteiger partial charge is 0.351 e. The van der Waals surface area contributed by atoms with Crippen LogP contribution in [0.1, 0.15) is 49.3 Å². The van der Waals surface area contributed by atoms with Gasteiger partial charge in [-0.25, -0.2) is 9.97 Å². The van der Waals surface area contributed by atoms with Gasteiger partial charge in [0.15, 0.2) is 5.65 Å². The maximum absolute atomic E-state index is 13.3.